The van der Waals surface area contributed by atoms with Gasteiger partial charge >= 0.3 is 5.97 Å². The third kappa shape index (κ3) is 4.37. The molecule has 1 heterocycles. The van der Waals surface area contributed by atoms with Gasteiger partial charge in [-0.3, -0.25) is 4.72 Å². The zero-order chi connectivity index (χ0) is 19.6. The molecular formula is C18H20FN3O4S. The number of sulfonamides is 1. The van der Waals surface area contributed by atoms with Crippen molar-refractivity contribution in [3.05, 3.63) is 53.8 Å². The molecule has 0 aliphatic carbocycles. The summed E-state index contributed by atoms with van der Waals surface area (Å²) in [4.78, 5) is 15.7. The summed E-state index contributed by atoms with van der Waals surface area (Å²) in [6, 6.07) is 8.83. The van der Waals surface area contributed by atoms with Crippen molar-refractivity contribution in [1.29, 1.82) is 0 Å². The van der Waals surface area contributed by atoms with Gasteiger partial charge in [0, 0.05) is 31.9 Å². The number of benzene rings is 2. The van der Waals surface area contributed by atoms with E-state index in [2.05, 4.69) is 9.62 Å². The average Bonchev–Trinajstić information content (AvgIpc) is 2.62. The first-order valence-corrected chi connectivity index (χ1v) is 9.84. The third-order valence-corrected chi connectivity index (χ3v) is 5.84. The summed E-state index contributed by atoms with van der Waals surface area (Å²) in [6.45, 7) is 3.02. The van der Waals surface area contributed by atoms with Gasteiger partial charge in [0.05, 0.1) is 16.1 Å². The minimum atomic E-state index is -3.95. The van der Waals surface area contributed by atoms with Gasteiger partial charge < -0.3 is 14.9 Å². The van der Waals surface area contributed by atoms with Gasteiger partial charge in [-0.05, 0) is 49.5 Å². The fourth-order valence-corrected chi connectivity index (χ4v) is 3.97. The first-order valence-electron chi connectivity index (χ1n) is 8.35. The number of carboxylic acid groups (broad SMARTS) is 1. The summed E-state index contributed by atoms with van der Waals surface area (Å²) in [5, 5.41) is 9.56. The van der Waals surface area contributed by atoms with Crippen molar-refractivity contribution in [2.45, 2.75) is 4.90 Å². The second-order valence-corrected chi connectivity index (χ2v) is 8.07. The zero-order valence-electron chi connectivity index (χ0n) is 14.7. The largest absolute Gasteiger partial charge is 0.478 e. The Morgan fingerprint density at radius 3 is 2.30 bits per heavy atom. The summed E-state index contributed by atoms with van der Waals surface area (Å²) in [5.41, 5.74) is 0.716. The van der Waals surface area contributed by atoms with Crippen LogP contribution in [0.25, 0.3) is 0 Å². The van der Waals surface area contributed by atoms with E-state index in [1.54, 1.807) is 6.07 Å². The Morgan fingerprint density at radius 1 is 1.07 bits per heavy atom. The Morgan fingerprint density at radius 2 is 1.70 bits per heavy atom. The maximum Gasteiger partial charge on any atom is 0.337 e. The van der Waals surface area contributed by atoms with Gasteiger partial charge in [-0.15, -0.1) is 0 Å². The summed E-state index contributed by atoms with van der Waals surface area (Å²) >= 11 is 0. The van der Waals surface area contributed by atoms with Crippen molar-refractivity contribution in [2.24, 2.45) is 0 Å². The Hall–Kier alpha value is -2.65. The van der Waals surface area contributed by atoms with Gasteiger partial charge in [0.25, 0.3) is 10.0 Å². The van der Waals surface area contributed by atoms with Crippen molar-refractivity contribution in [2.75, 3.05) is 42.8 Å². The van der Waals surface area contributed by atoms with Crippen molar-refractivity contribution < 1.29 is 22.7 Å². The molecule has 0 radical (unpaired) electrons. The van der Waals surface area contributed by atoms with Crippen LogP contribution in [0.1, 0.15) is 10.4 Å². The number of carboxylic acids is 1. The normalized spacial score (nSPS) is 15.6. The van der Waals surface area contributed by atoms with Crippen LogP contribution in [-0.2, 0) is 10.0 Å². The lowest BCUT2D eigenvalue weighted by atomic mass is 10.1. The number of hydrogen-bond donors (Lipinski definition) is 2. The molecule has 0 saturated carbocycles. The van der Waals surface area contributed by atoms with E-state index < -0.39 is 21.8 Å². The molecule has 0 bridgehead atoms. The smallest absolute Gasteiger partial charge is 0.337 e. The predicted molar refractivity (Wildman–Crippen MR) is 100 cm³/mol. The number of halogens is 1. The highest BCUT2D eigenvalue weighted by molar-refractivity contribution is 7.92. The van der Waals surface area contributed by atoms with E-state index in [4.69, 9.17) is 0 Å². The molecule has 0 unspecified atom stereocenters. The Bertz CT molecular complexity index is 940. The number of piperazine rings is 1. The van der Waals surface area contributed by atoms with E-state index >= 15 is 0 Å². The predicted octanol–water partition coefficient (Wildman–Crippen LogP) is 2.08. The summed E-state index contributed by atoms with van der Waals surface area (Å²) in [5.74, 6) is -1.68. The fraction of sp³-hybridized carbons (Fsp3) is 0.278. The molecule has 0 spiro atoms. The van der Waals surface area contributed by atoms with Crippen molar-refractivity contribution in [1.82, 2.24) is 4.90 Å². The molecule has 144 valence electrons. The topological polar surface area (TPSA) is 90.0 Å². The third-order valence-electron chi connectivity index (χ3n) is 4.45. The monoisotopic (exact) mass is 393 g/mol. The van der Waals surface area contributed by atoms with E-state index in [0.29, 0.717) is 18.8 Å². The van der Waals surface area contributed by atoms with Crippen LogP contribution in [0.15, 0.2) is 47.4 Å². The first kappa shape index (κ1) is 19.1. The molecule has 2 aromatic carbocycles. The second-order valence-electron chi connectivity index (χ2n) is 6.39. The Labute approximate surface area is 157 Å². The number of likely N-dealkylation sites (N-methyl/N-ethyl adjacent to an activating group) is 1. The standard InChI is InChI=1S/C18H20FN3O4S/c1-21-8-10-22(11-9-21)17-7-4-14(12-16(17)18(23)24)20-27(25,26)15-5-2-13(19)3-6-15/h2-7,12,20H,8-11H2,1H3,(H,23,24). The molecule has 27 heavy (non-hydrogen) atoms. The van der Waals surface area contributed by atoms with Crippen molar-refractivity contribution in [3.8, 4) is 0 Å². The van der Waals surface area contributed by atoms with Crippen LogP contribution in [0.2, 0.25) is 0 Å². The maximum absolute atomic E-state index is 13.0. The zero-order valence-corrected chi connectivity index (χ0v) is 15.5. The molecule has 1 aliphatic rings. The van der Waals surface area contributed by atoms with Crippen LogP contribution < -0.4 is 9.62 Å². The maximum atomic E-state index is 13.0. The van der Waals surface area contributed by atoms with Crippen molar-refractivity contribution >= 4 is 27.4 Å². The number of nitrogens with one attached hydrogen (secondary N) is 1. The lowest BCUT2D eigenvalue weighted by Crippen LogP contribution is -2.45. The number of rotatable bonds is 5. The van der Waals surface area contributed by atoms with E-state index in [-0.39, 0.29) is 16.1 Å². The van der Waals surface area contributed by atoms with Crippen molar-refractivity contribution in [3.63, 3.8) is 0 Å². The quantitative estimate of drug-likeness (QED) is 0.808. The SMILES string of the molecule is CN1CCN(c2ccc(NS(=O)(=O)c3ccc(F)cc3)cc2C(=O)O)CC1. The molecule has 2 aromatic rings. The van der Waals surface area contributed by atoms with Gasteiger partial charge in [-0.1, -0.05) is 0 Å². The van der Waals surface area contributed by atoms with Crippen LogP contribution in [0.3, 0.4) is 0 Å². The molecule has 1 saturated heterocycles. The second kappa shape index (κ2) is 7.53. The van der Waals surface area contributed by atoms with E-state index in [0.717, 1.165) is 37.4 Å². The highest BCUT2D eigenvalue weighted by Crippen LogP contribution is 2.27. The van der Waals surface area contributed by atoms with Crippen LogP contribution in [0.5, 0.6) is 0 Å². The molecule has 9 heteroatoms. The molecule has 2 N–H and O–H groups in total. The van der Waals surface area contributed by atoms with E-state index in [1.807, 2.05) is 11.9 Å². The lowest BCUT2D eigenvalue weighted by molar-refractivity contribution is 0.0697. The molecule has 1 fully saturated rings. The molecule has 0 atom stereocenters. The molecule has 7 nitrogen and oxygen atoms in total. The average molecular weight is 393 g/mol. The van der Waals surface area contributed by atoms with Crippen LogP contribution in [0.4, 0.5) is 15.8 Å². The number of aromatic carboxylic acids is 1. The fourth-order valence-electron chi connectivity index (χ4n) is 2.92. The van der Waals surface area contributed by atoms with Crippen LogP contribution in [-0.4, -0.2) is 57.6 Å². The van der Waals surface area contributed by atoms with Crippen LogP contribution in [0, 0.1) is 5.82 Å². The summed E-state index contributed by atoms with van der Waals surface area (Å²) in [7, 11) is -1.94. The first-order chi connectivity index (χ1) is 12.8. The number of nitrogens with zero attached hydrogens (tertiary/aromatic N) is 2. The summed E-state index contributed by atoms with van der Waals surface area (Å²) in [6.07, 6.45) is 0. The molecular weight excluding hydrogens is 373 g/mol. The van der Waals surface area contributed by atoms with E-state index in [9.17, 15) is 22.7 Å². The van der Waals surface area contributed by atoms with Gasteiger partial charge in [-0.25, -0.2) is 17.6 Å². The lowest BCUT2D eigenvalue weighted by Gasteiger charge is -2.34. The minimum absolute atomic E-state index is 0.0267. The molecule has 0 aromatic heterocycles. The molecule has 0 amide bonds. The van der Waals surface area contributed by atoms with Gasteiger partial charge in [0.2, 0.25) is 0 Å². The molecule has 3 rings (SSSR count). The Balaban J connectivity index is 1.87. The van der Waals surface area contributed by atoms with Gasteiger partial charge in [0.1, 0.15) is 5.82 Å². The van der Waals surface area contributed by atoms with E-state index in [1.165, 1.54) is 12.1 Å². The number of hydrogen-bond acceptors (Lipinski definition) is 5. The van der Waals surface area contributed by atoms with Gasteiger partial charge in [-0.2, -0.15) is 0 Å². The van der Waals surface area contributed by atoms with Crippen LogP contribution >= 0.6 is 0 Å². The highest BCUT2D eigenvalue weighted by atomic mass is 32.2. The van der Waals surface area contributed by atoms with Gasteiger partial charge in [0.15, 0.2) is 0 Å². The number of carbonyl (C=O) groups is 1. The Kier molecular flexibility index (Phi) is 5.33. The summed E-state index contributed by atoms with van der Waals surface area (Å²) < 4.78 is 40.2. The molecule has 1 aliphatic heterocycles. The highest BCUT2D eigenvalue weighted by Gasteiger charge is 2.22. The minimum Gasteiger partial charge on any atom is -0.478 e. The number of anilines is 2.